The normalized spacial score (nSPS) is 17.7. The first-order valence-corrected chi connectivity index (χ1v) is 8.68. The van der Waals surface area contributed by atoms with Gasteiger partial charge in [-0.1, -0.05) is 0 Å². The van der Waals surface area contributed by atoms with Crippen molar-refractivity contribution < 1.29 is 13.5 Å². The molecular formula is C17H20F2N6O. The Balaban J connectivity index is 1.49. The molecular weight excluding hydrogens is 342 g/mol. The Hall–Kier alpha value is -2.58. The number of halogens is 2. The quantitative estimate of drug-likeness (QED) is 0.809. The summed E-state index contributed by atoms with van der Waals surface area (Å²) in [5, 5.41) is 0. The Morgan fingerprint density at radius 1 is 1.08 bits per heavy atom. The third kappa shape index (κ3) is 3.51. The van der Waals surface area contributed by atoms with Crippen LogP contribution in [0.5, 0.6) is 5.88 Å². The first-order chi connectivity index (χ1) is 12.6. The molecule has 0 N–H and O–H groups in total. The van der Waals surface area contributed by atoms with Gasteiger partial charge in [0.15, 0.2) is 0 Å². The summed E-state index contributed by atoms with van der Waals surface area (Å²) in [5.41, 5.74) is -0.185. The van der Waals surface area contributed by atoms with Gasteiger partial charge in [0.25, 0.3) is 6.43 Å². The maximum absolute atomic E-state index is 13.2. The van der Waals surface area contributed by atoms with Gasteiger partial charge in [0.2, 0.25) is 11.8 Å². The maximum Gasteiger partial charge on any atom is 0.280 e. The van der Waals surface area contributed by atoms with Gasteiger partial charge in [-0.05, 0) is 12.8 Å². The van der Waals surface area contributed by atoms with Crippen LogP contribution in [0, 0.1) is 0 Å². The molecule has 2 aliphatic rings. The highest BCUT2D eigenvalue weighted by Crippen LogP contribution is 2.39. The van der Waals surface area contributed by atoms with Crippen LogP contribution in [0.2, 0.25) is 0 Å². The second-order valence-corrected chi connectivity index (χ2v) is 6.46. The van der Waals surface area contributed by atoms with Crippen LogP contribution in [0.3, 0.4) is 0 Å². The summed E-state index contributed by atoms with van der Waals surface area (Å²) in [5.74, 6) is 2.50. The van der Waals surface area contributed by atoms with Crippen molar-refractivity contribution >= 4 is 11.8 Å². The second-order valence-electron chi connectivity index (χ2n) is 6.46. The minimum absolute atomic E-state index is 0.185. The van der Waals surface area contributed by atoms with Gasteiger partial charge < -0.3 is 14.5 Å². The highest BCUT2D eigenvalue weighted by Gasteiger charge is 2.30. The van der Waals surface area contributed by atoms with E-state index in [1.807, 2.05) is 4.90 Å². The van der Waals surface area contributed by atoms with Crippen molar-refractivity contribution in [3.05, 3.63) is 29.8 Å². The molecule has 4 rings (SSSR count). The van der Waals surface area contributed by atoms with Crippen LogP contribution in [0.25, 0.3) is 0 Å². The van der Waals surface area contributed by atoms with Crippen LogP contribution >= 0.6 is 0 Å². The third-order valence-electron chi connectivity index (χ3n) is 4.63. The number of ether oxygens (including phenoxy) is 1. The lowest BCUT2D eigenvalue weighted by molar-refractivity contribution is 0.145. The molecule has 1 aliphatic heterocycles. The molecule has 0 bridgehead atoms. The fourth-order valence-electron chi connectivity index (χ4n) is 3.00. The molecule has 9 heteroatoms. The third-order valence-corrected chi connectivity index (χ3v) is 4.63. The SMILES string of the molecule is COc1ccnc(N2CCN(c3cc(C(F)F)nc(C4CC4)n3)CC2)n1. The summed E-state index contributed by atoms with van der Waals surface area (Å²) in [6.07, 6.45) is 1.04. The topological polar surface area (TPSA) is 67.3 Å². The fourth-order valence-corrected chi connectivity index (χ4v) is 3.00. The van der Waals surface area contributed by atoms with E-state index in [1.165, 1.54) is 6.07 Å². The predicted molar refractivity (Wildman–Crippen MR) is 92.0 cm³/mol. The van der Waals surface area contributed by atoms with E-state index in [1.54, 1.807) is 19.4 Å². The van der Waals surface area contributed by atoms with E-state index in [9.17, 15) is 8.78 Å². The average Bonchev–Trinajstić information content (AvgIpc) is 3.53. The number of aromatic nitrogens is 4. The van der Waals surface area contributed by atoms with Crippen molar-refractivity contribution in [1.29, 1.82) is 0 Å². The highest BCUT2D eigenvalue weighted by molar-refractivity contribution is 5.44. The lowest BCUT2D eigenvalue weighted by atomic mass is 10.3. The van der Waals surface area contributed by atoms with E-state index in [0.717, 1.165) is 12.8 Å². The highest BCUT2D eigenvalue weighted by atomic mass is 19.3. The first kappa shape index (κ1) is 16.9. The summed E-state index contributed by atoms with van der Waals surface area (Å²) in [6.45, 7) is 2.68. The van der Waals surface area contributed by atoms with Gasteiger partial charge in [0.05, 0.1) is 7.11 Å². The van der Waals surface area contributed by atoms with E-state index in [-0.39, 0.29) is 11.6 Å². The zero-order valence-electron chi connectivity index (χ0n) is 14.5. The van der Waals surface area contributed by atoms with Gasteiger partial charge in [-0.15, -0.1) is 0 Å². The number of methoxy groups -OCH3 is 1. The number of nitrogens with zero attached hydrogens (tertiary/aromatic N) is 6. The average molecular weight is 362 g/mol. The molecule has 7 nitrogen and oxygen atoms in total. The van der Waals surface area contributed by atoms with Crippen LogP contribution in [0.4, 0.5) is 20.5 Å². The van der Waals surface area contributed by atoms with Crippen molar-refractivity contribution in [2.24, 2.45) is 0 Å². The molecule has 0 radical (unpaired) electrons. The molecule has 2 aromatic rings. The van der Waals surface area contributed by atoms with E-state index in [2.05, 4.69) is 24.8 Å². The first-order valence-electron chi connectivity index (χ1n) is 8.68. The van der Waals surface area contributed by atoms with Crippen LogP contribution < -0.4 is 14.5 Å². The molecule has 26 heavy (non-hydrogen) atoms. The minimum atomic E-state index is -2.58. The molecule has 2 fully saturated rings. The molecule has 0 spiro atoms. The van der Waals surface area contributed by atoms with Crippen LogP contribution in [0.15, 0.2) is 18.3 Å². The summed E-state index contributed by atoms with van der Waals surface area (Å²) < 4.78 is 31.5. The number of anilines is 2. The Morgan fingerprint density at radius 2 is 1.81 bits per heavy atom. The molecule has 1 saturated carbocycles. The number of alkyl halides is 2. The van der Waals surface area contributed by atoms with Crippen molar-refractivity contribution in [3.63, 3.8) is 0 Å². The van der Waals surface area contributed by atoms with E-state index < -0.39 is 6.43 Å². The summed E-state index contributed by atoms with van der Waals surface area (Å²) in [6, 6.07) is 3.11. The number of hydrogen-bond donors (Lipinski definition) is 0. The number of piperazine rings is 1. The Labute approximate surface area is 150 Å². The molecule has 2 aromatic heterocycles. The second kappa shape index (κ2) is 6.97. The van der Waals surface area contributed by atoms with Gasteiger partial charge in [0.1, 0.15) is 17.3 Å². The predicted octanol–water partition coefficient (Wildman–Crippen LogP) is 2.42. The maximum atomic E-state index is 13.2. The molecule has 0 aromatic carbocycles. The summed E-state index contributed by atoms with van der Waals surface area (Å²) in [7, 11) is 1.57. The van der Waals surface area contributed by atoms with Crippen molar-refractivity contribution in [2.75, 3.05) is 43.1 Å². The molecule has 3 heterocycles. The van der Waals surface area contributed by atoms with Crippen molar-refractivity contribution in [3.8, 4) is 5.88 Å². The summed E-state index contributed by atoms with van der Waals surface area (Å²) in [4.78, 5) is 21.3. The van der Waals surface area contributed by atoms with Gasteiger partial charge >= 0.3 is 0 Å². The Bertz CT molecular complexity index is 757. The molecule has 0 atom stereocenters. The minimum Gasteiger partial charge on any atom is -0.481 e. The fraction of sp³-hybridized carbons (Fsp3) is 0.529. The van der Waals surface area contributed by atoms with Crippen LogP contribution in [-0.4, -0.2) is 53.2 Å². The number of rotatable bonds is 5. The van der Waals surface area contributed by atoms with Gasteiger partial charge in [-0.2, -0.15) is 4.98 Å². The summed E-state index contributed by atoms with van der Waals surface area (Å²) >= 11 is 0. The molecule has 1 saturated heterocycles. The lowest BCUT2D eigenvalue weighted by Crippen LogP contribution is -2.47. The van der Waals surface area contributed by atoms with Crippen LogP contribution in [0.1, 0.15) is 36.7 Å². The van der Waals surface area contributed by atoms with E-state index in [4.69, 9.17) is 4.74 Å². The van der Waals surface area contributed by atoms with Gasteiger partial charge in [0, 0.05) is 50.4 Å². The monoisotopic (exact) mass is 362 g/mol. The molecule has 1 aliphatic carbocycles. The van der Waals surface area contributed by atoms with E-state index >= 15 is 0 Å². The number of hydrogen-bond acceptors (Lipinski definition) is 7. The van der Waals surface area contributed by atoms with Crippen molar-refractivity contribution in [2.45, 2.75) is 25.2 Å². The Morgan fingerprint density at radius 3 is 2.46 bits per heavy atom. The van der Waals surface area contributed by atoms with Crippen molar-refractivity contribution in [1.82, 2.24) is 19.9 Å². The zero-order valence-corrected chi connectivity index (χ0v) is 14.5. The molecule has 0 amide bonds. The standard InChI is InChI=1S/C17H20F2N6O/c1-26-14-4-5-20-17(23-14)25-8-6-24(7-9-25)13-10-12(15(18)19)21-16(22-13)11-2-3-11/h4-5,10-11,15H,2-3,6-9H2,1H3. The van der Waals surface area contributed by atoms with Gasteiger partial charge in [-0.3, -0.25) is 0 Å². The largest absolute Gasteiger partial charge is 0.481 e. The van der Waals surface area contributed by atoms with Gasteiger partial charge in [-0.25, -0.2) is 23.7 Å². The van der Waals surface area contributed by atoms with Crippen LogP contribution in [-0.2, 0) is 0 Å². The zero-order chi connectivity index (χ0) is 18.1. The van der Waals surface area contributed by atoms with E-state index in [0.29, 0.717) is 49.6 Å². The molecule has 0 unspecified atom stereocenters. The molecule has 138 valence electrons. The lowest BCUT2D eigenvalue weighted by Gasteiger charge is -2.35. The smallest absolute Gasteiger partial charge is 0.280 e. The Kier molecular flexibility index (Phi) is 4.52.